The second-order valence-electron chi connectivity index (χ2n) is 7.59. The topological polar surface area (TPSA) is 44.1 Å². The summed E-state index contributed by atoms with van der Waals surface area (Å²) in [5.41, 5.74) is 3.50. The Bertz CT molecular complexity index is 1460. The quantitative estimate of drug-likeness (QED) is 0.114. The molecular formula is C27H20ClF3N2O2. The monoisotopic (exact) mass is 496 g/mol. The number of ether oxygens (including phenoxy) is 1. The Hall–Kier alpha value is -3.84. The lowest BCUT2D eigenvalue weighted by Gasteiger charge is -2.19. The number of alkyl halides is 2. The lowest BCUT2D eigenvalue weighted by atomic mass is 9.87. The number of rotatable bonds is 7. The van der Waals surface area contributed by atoms with Gasteiger partial charge in [0.05, 0.1) is 16.7 Å². The molecule has 0 saturated carbocycles. The van der Waals surface area contributed by atoms with Gasteiger partial charge < -0.3 is 4.74 Å². The molecule has 1 aromatic heterocycles. The van der Waals surface area contributed by atoms with Crippen molar-refractivity contribution in [3.8, 4) is 5.75 Å². The van der Waals surface area contributed by atoms with Crippen LogP contribution in [0.2, 0.25) is 5.02 Å². The Morgan fingerprint density at radius 2 is 1.91 bits per heavy atom. The number of allylic oxidation sites excluding steroid dienone is 1. The maximum Gasteiger partial charge on any atom is 0.335 e. The zero-order valence-electron chi connectivity index (χ0n) is 18.6. The Balaban J connectivity index is 2.04. The van der Waals surface area contributed by atoms with Crippen LogP contribution in [0.25, 0.3) is 22.0 Å². The van der Waals surface area contributed by atoms with Crippen molar-refractivity contribution < 1.29 is 22.7 Å². The van der Waals surface area contributed by atoms with Crippen LogP contribution in [0.15, 0.2) is 79.5 Å². The molecule has 35 heavy (non-hydrogen) atoms. The molecule has 0 aliphatic heterocycles. The van der Waals surface area contributed by atoms with E-state index in [9.17, 15) is 18.0 Å². The maximum atomic E-state index is 13.8. The molecule has 0 atom stereocenters. The van der Waals surface area contributed by atoms with Crippen molar-refractivity contribution in [2.45, 2.75) is 19.9 Å². The summed E-state index contributed by atoms with van der Waals surface area (Å²) >= 11 is 6.43. The summed E-state index contributed by atoms with van der Waals surface area (Å²) in [5.74, 6) is -0.833. The second kappa shape index (κ2) is 10.2. The first kappa shape index (κ1) is 24.3. The molecule has 0 N–H and O–H groups in total. The van der Waals surface area contributed by atoms with Crippen molar-refractivity contribution in [3.05, 3.63) is 107 Å². The van der Waals surface area contributed by atoms with Gasteiger partial charge in [0.2, 0.25) is 0 Å². The molecule has 0 saturated heterocycles. The number of hydrogen-bond acceptors (Lipinski definition) is 3. The van der Waals surface area contributed by atoms with Crippen molar-refractivity contribution in [2.75, 3.05) is 0 Å². The normalized spacial score (nSPS) is 12.1. The van der Waals surface area contributed by atoms with Gasteiger partial charge in [-0.2, -0.15) is 13.9 Å². The molecule has 0 aliphatic rings. The molecule has 0 fully saturated rings. The van der Waals surface area contributed by atoms with Gasteiger partial charge in [0, 0.05) is 17.0 Å². The summed E-state index contributed by atoms with van der Waals surface area (Å²) in [7, 11) is 0. The number of hydrogen-bond donors (Lipinski definition) is 0. The van der Waals surface area contributed by atoms with Crippen molar-refractivity contribution in [1.82, 2.24) is 9.78 Å². The highest BCUT2D eigenvalue weighted by Gasteiger charge is 2.21. The zero-order valence-corrected chi connectivity index (χ0v) is 19.4. The Morgan fingerprint density at radius 3 is 2.60 bits per heavy atom. The molecule has 0 radical (unpaired) electrons. The van der Waals surface area contributed by atoms with E-state index in [1.165, 1.54) is 18.3 Å². The van der Waals surface area contributed by atoms with E-state index in [1.54, 1.807) is 48.5 Å². The van der Waals surface area contributed by atoms with E-state index in [-0.39, 0.29) is 16.3 Å². The van der Waals surface area contributed by atoms with Gasteiger partial charge in [-0.1, -0.05) is 55.4 Å². The summed E-state index contributed by atoms with van der Waals surface area (Å²) in [4.78, 5) is 12.0. The fraction of sp³-hybridized carbons (Fsp3) is 0.111. The number of carbonyl (C=O) groups excluding carboxylic acids is 1. The predicted molar refractivity (Wildman–Crippen MR) is 131 cm³/mol. The van der Waals surface area contributed by atoms with Gasteiger partial charge in [-0.05, 0) is 59.0 Å². The molecule has 4 nitrogen and oxygen atoms in total. The standard InChI is InChI=1S/C27H20ClF3N2O2/c1-3-19(20-11-10-18(29)14-22(20)28)26(21-7-5-6-8-24(21)35-25(34)4-2)16-9-12-23-17(13-16)15-32-33(23)27(30)31/h4-15,27H,2-3H2,1H3/b26-19+. The van der Waals surface area contributed by atoms with E-state index >= 15 is 0 Å². The molecule has 0 aliphatic carbocycles. The molecule has 3 aromatic carbocycles. The van der Waals surface area contributed by atoms with Gasteiger partial charge >= 0.3 is 12.5 Å². The van der Waals surface area contributed by atoms with Gasteiger partial charge in [-0.3, -0.25) is 0 Å². The number of para-hydroxylation sites is 1. The Morgan fingerprint density at radius 1 is 1.14 bits per heavy atom. The van der Waals surface area contributed by atoms with E-state index < -0.39 is 18.3 Å². The first-order valence-electron chi connectivity index (χ1n) is 10.7. The van der Waals surface area contributed by atoms with Crippen LogP contribution in [0.4, 0.5) is 13.2 Å². The van der Waals surface area contributed by atoms with Crippen molar-refractivity contribution in [2.24, 2.45) is 0 Å². The van der Waals surface area contributed by atoms with Crippen molar-refractivity contribution in [1.29, 1.82) is 0 Å². The lowest BCUT2D eigenvalue weighted by Crippen LogP contribution is -2.06. The smallest absolute Gasteiger partial charge is 0.335 e. The Kier molecular flexibility index (Phi) is 7.07. The van der Waals surface area contributed by atoms with Gasteiger partial charge in [0.15, 0.2) is 0 Å². The number of carbonyl (C=O) groups is 1. The van der Waals surface area contributed by atoms with Gasteiger partial charge in [-0.25, -0.2) is 13.9 Å². The van der Waals surface area contributed by atoms with E-state index in [0.717, 1.165) is 11.6 Å². The SMILES string of the molecule is C=CC(=O)Oc1ccccc1/C(=C(\CC)c1ccc(F)cc1Cl)c1ccc2c(cnn2C(F)F)c1. The number of esters is 1. The van der Waals surface area contributed by atoms with E-state index in [2.05, 4.69) is 11.7 Å². The number of benzene rings is 3. The van der Waals surface area contributed by atoms with Crippen LogP contribution in [0.1, 0.15) is 36.6 Å². The molecule has 0 bridgehead atoms. The van der Waals surface area contributed by atoms with Crippen LogP contribution >= 0.6 is 11.6 Å². The average molecular weight is 497 g/mol. The number of aromatic nitrogens is 2. The first-order chi connectivity index (χ1) is 16.8. The highest BCUT2D eigenvalue weighted by molar-refractivity contribution is 6.32. The van der Waals surface area contributed by atoms with Gasteiger partial charge in [0.1, 0.15) is 11.6 Å². The highest BCUT2D eigenvalue weighted by Crippen LogP contribution is 2.41. The molecule has 8 heteroatoms. The minimum Gasteiger partial charge on any atom is -0.423 e. The molecule has 0 amide bonds. The minimum absolute atomic E-state index is 0.214. The van der Waals surface area contributed by atoms with Gasteiger partial charge in [0.25, 0.3) is 0 Å². The lowest BCUT2D eigenvalue weighted by molar-refractivity contribution is -0.128. The molecule has 0 spiro atoms. The minimum atomic E-state index is -2.78. The zero-order chi connectivity index (χ0) is 25.1. The maximum absolute atomic E-state index is 13.8. The van der Waals surface area contributed by atoms with Crippen LogP contribution in [-0.2, 0) is 4.79 Å². The van der Waals surface area contributed by atoms with Crippen LogP contribution in [0.3, 0.4) is 0 Å². The molecule has 4 rings (SSSR count). The van der Waals surface area contributed by atoms with Crippen LogP contribution < -0.4 is 4.74 Å². The third-order valence-corrected chi connectivity index (χ3v) is 5.83. The second-order valence-corrected chi connectivity index (χ2v) is 8.00. The fourth-order valence-corrected chi connectivity index (χ4v) is 4.29. The molecule has 1 heterocycles. The van der Waals surface area contributed by atoms with Gasteiger partial charge in [-0.15, -0.1) is 0 Å². The van der Waals surface area contributed by atoms with Crippen LogP contribution in [0.5, 0.6) is 5.75 Å². The molecular weight excluding hydrogens is 477 g/mol. The van der Waals surface area contributed by atoms with E-state index in [1.807, 2.05) is 6.92 Å². The van der Waals surface area contributed by atoms with E-state index in [0.29, 0.717) is 38.8 Å². The Labute approximate surface area is 204 Å². The predicted octanol–water partition coefficient (Wildman–Crippen LogP) is 7.68. The van der Waals surface area contributed by atoms with Crippen LogP contribution in [-0.4, -0.2) is 15.7 Å². The van der Waals surface area contributed by atoms with Crippen LogP contribution in [0, 0.1) is 5.82 Å². The first-order valence-corrected chi connectivity index (χ1v) is 11.1. The number of nitrogens with zero attached hydrogens (tertiary/aromatic N) is 2. The third-order valence-electron chi connectivity index (χ3n) is 5.51. The summed E-state index contributed by atoms with van der Waals surface area (Å²) in [6.45, 7) is 2.59. The molecule has 4 aromatic rings. The number of fused-ring (bicyclic) bond motifs is 1. The molecule has 0 unspecified atom stereocenters. The average Bonchev–Trinajstić information content (AvgIpc) is 3.27. The largest absolute Gasteiger partial charge is 0.423 e. The summed E-state index contributed by atoms with van der Waals surface area (Å²) in [6.07, 6.45) is 2.91. The summed E-state index contributed by atoms with van der Waals surface area (Å²) < 4.78 is 46.6. The highest BCUT2D eigenvalue weighted by atomic mass is 35.5. The van der Waals surface area contributed by atoms with Crippen molar-refractivity contribution in [3.63, 3.8) is 0 Å². The summed E-state index contributed by atoms with van der Waals surface area (Å²) in [5, 5.41) is 4.51. The molecule has 178 valence electrons. The summed E-state index contributed by atoms with van der Waals surface area (Å²) in [6, 6.07) is 16.0. The van der Waals surface area contributed by atoms with E-state index in [4.69, 9.17) is 16.3 Å². The van der Waals surface area contributed by atoms with Crippen molar-refractivity contribution >= 4 is 39.6 Å². The fourth-order valence-electron chi connectivity index (χ4n) is 4.00. The number of halogens is 4. The third kappa shape index (κ3) is 4.86.